The average Bonchev–Trinajstić information content (AvgIpc) is 2.62. The summed E-state index contributed by atoms with van der Waals surface area (Å²) >= 11 is 0. The van der Waals surface area contributed by atoms with Gasteiger partial charge in [0.1, 0.15) is 5.69 Å². The SMILES string of the molecule is O=C(c1ccccn1)N1CCC2(CC1)CC(Nc1ncccn1)C2. The molecule has 1 saturated heterocycles. The van der Waals surface area contributed by atoms with E-state index in [9.17, 15) is 4.79 Å². The van der Waals surface area contributed by atoms with Crippen LogP contribution >= 0.6 is 0 Å². The average molecular weight is 323 g/mol. The van der Waals surface area contributed by atoms with E-state index in [1.54, 1.807) is 24.7 Å². The van der Waals surface area contributed by atoms with Crippen molar-refractivity contribution >= 4 is 11.9 Å². The lowest BCUT2D eigenvalue weighted by Crippen LogP contribution is -2.52. The Morgan fingerprint density at radius 1 is 1.04 bits per heavy atom. The standard InChI is InChI=1S/C18H21N5O/c24-16(15-4-1-2-7-19-15)23-10-5-18(6-11-23)12-14(13-18)22-17-20-8-3-9-21-17/h1-4,7-9,14H,5-6,10-13H2,(H,20,21,22). The van der Waals surface area contributed by atoms with Gasteiger partial charge in [0.2, 0.25) is 5.95 Å². The van der Waals surface area contributed by atoms with Crippen LogP contribution in [-0.2, 0) is 0 Å². The monoisotopic (exact) mass is 323 g/mol. The first-order valence-electron chi connectivity index (χ1n) is 8.48. The number of pyridine rings is 1. The number of hydrogen-bond donors (Lipinski definition) is 1. The second kappa shape index (κ2) is 6.19. The predicted molar refractivity (Wildman–Crippen MR) is 90.5 cm³/mol. The van der Waals surface area contributed by atoms with Gasteiger partial charge in [-0.3, -0.25) is 9.78 Å². The summed E-state index contributed by atoms with van der Waals surface area (Å²) in [7, 11) is 0. The molecule has 0 bridgehead atoms. The van der Waals surface area contributed by atoms with Crippen LogP contribution in [0.3, 0.4) is 0 Å². The van der Waals surface area contributed by atoms with Gasteiger partial charge in [0.05, 0.1) is 0 Å². The van der Waals surface area contributed by atoms with Gasteiger partial charge in [-0.2, -0.15) is 0 Å². The van der Waals surface area contributed by atoms with Crippen LogP contribution in [0.25, 0.3) is 0 Å². The molecule has 2 aromatic heterocycles. The molecule has 6 nitrogen and oxygen atoms in total. The van der Waals surface area contributed by atoms with Crippen molar-refractivity contribution in [2.45, 2.75) is 31.7 Å². The summed E-state index contributed by atoms with van der Waals surface area (Å²) in [5.74, 6) is 0.761. The number of rotatable bonds is 3. The first-order chi connectivity index (χ1) is 11.7. The molecular formula is C18H21N5O. The van der Waals surface area contributed by atoms with Crippen LogP contribution in [0, 0.1) is 5.41 Å². The molecular weight excluding hydrogens is 302 g/mol. The van der Waals surface area contributed by atoms with Gasteiger partial charge in [0, 0.05) is 37.7 Å². The van der Waals surface area contributed by atoms with Crippen molar-refractivity contribution in [1.29, 1.82) is 0 Å². The number of likely N-dealkylation sites (tertiary alicyclic amines) is 1. The summed E-state index contributed by atoms with van der Waals surface area (Å²) in [6.07, 6.45) is 9.59. The Morgan fingerprint density at radius 3 is 2.42 bits per heavy atom. The van der Waals surface area contributed by atoms with Gasteiger partial charge in [-0.05, 0) is 49.3 Å². The molecule has 124 valence electrons. The van der Waals surface area contributed by atoms with Gasteiger partial charge in [0.15, 0.2) is 0 Å². The molecule has 1 spiro atoms. The molecule has 1 aliphatic heterocycles. The Hall–Kier alpha value is -2.50. The van der Waals surface area contributed by atoms with Crippen LogP contribution in [0.4, 0.5) is 5.95 Å². The second-order valence-electron chi connectivity index (χ2n) is 6.83. The van der Waals surface area contributed by atoms with Crippen molar-refractivity contribution < 1.29 is 4.79 Å². The van der Waals surface area contributed by atoms with Crippen LogP contribution in [0.1, 0.15) is 36.2 Å². The van der Waals surface area contributed by atoms with E-state index in [-0.39, 0.29) is 5.91 Å². The number of carbonyl (C=O) groups is 1. The number of carbonyl (C=O) groups excluding carboxylic acids is 1. The number of nitrogens with one attached hydrogen (secondary N) is 1. The lowest BCUT2D eigenvalue weighted by Gasteiger charge is -2.52. The van der Waals surface area contributed by atoms with Crippen LogP contribution in [-0.4, -0.2) is 44.9 Å². The zero-order chi connectivity index (χ0) is 16.4. The summed E-state index contributed by atoms with van der Waals surface area (Å²) in [5, 5.41) is 3.40. The molecule has 1 N–H and O–H groups in total. The van der Waals surface area contributed by atoms with Gasteiger partial charge < -0.3 is 10.2 Å². The maximum atomic E-state index is 12.5. The van der Waals surface area contributed by atoms with Crippen LogP contribution in [0.15, 0.2) is 42.9 Å². The lowest BCUT2D eigenvalue weighted by atomic mass is 9.60. The fraction of sp³-hybridized carbons (Fsp3) is 0.444. The molecule has 6 heteroatoms. The Labute approximate surface area is 141 Å². The zero-order valence-corrected chi connectivity index (χ0v) is 13.6. The number of nitrogens with zero attached hydrogens (tertiary/aromatic N) is 4. The normalized spacial score (nSPS) is 19.8. The minimum atomic E-state index is 0.0529. The van der Waals surface area contributed by atoms with E-state index < -0.39 is 0 Å². The fourth-order valence-electron chi connectivity index (χ4n) is 3.89. The maximum Gasteiger partial charge on any atom is 0.272 e. The molecule has 3 heterocycles. The molecule has 0 unspecified atom stereocenters. The van der Waals surface area contributed by atoms with E-state index in [0.29, 0.717) is 23.1 Å². The molecule has 1 amide bonds. The molecule has 2 aliphatic rings. The highest BCUT2D eigenvalue weighted by molar-refractivity contribution is 5.92. The van der Waals surface area contributed by atoms with Gasteiger partial charge in [-0.1, -0.05) is 6.07 Å². The Balaban J connectivity index is 1.29. The Morgan fingerprint density at radius 2 is 1.75 bits per heavy atom. The molecule has 0 aromatic carbocycles. The first-order valence-corrected chi connectivity index (χ1v) is 8.48. The molecule has 4 rings (SSSR count). The zero-order valence-electron chi connectivity index (χ0n) is 13.6. The second-order valence-corrected chi connectivity index (χ2v) is 6.83. The molecule has 0 atom stereocenters. The van der Waals surface area contributed by atoms with E-state index in [0.717, 1.165) is 38.8 Å². The van der Waals surface area contributed by atoms with Crippen molar-refractivity contribution in [3.63, 3.8) is 0 Å². The number of piperidine rings is 1. The third kappa shape index (κ3) is 2.96. The van der Waals surface area contributed by atoms with Crippen molar-refractivity contribution in [2.75, 3.05) is 18.4 Å². The van der Waals surface area contributed by atoms with E-state index in [2.05, 4.69) is 20.3 Å². The third-order valence-electron chi connectivity index (χ3n) is 5.25. The number of hydrogen-bond acceptors (Lipinski definition) is 5. The highest BCUT2D eigenvalue weighted by Gasteiger charge is 2.46. The summed E-state index contributed by atoms with van der Waals surface area (Å²) < 4.78 is 0. The number of aromatic nitrogens is 3. The Bertz CT molecular complexity index is 690. The van der Waals surface area contributed by atoms with E-state index >= 15 is 0 Å². The molecule has 1 aliphatic carbocycles. The van der Waals surface area contributed by atoms with E-state index in [4.69, 9.17) is 0 Å². The highest BCUT2D eigenvalue weighted by atomic mass is 16.2. The van der Waals surface area contributed by atoms with Crippen LogP contribution < -0.4 is 5.32 Å². The molecule has 2 aromatic rings. The third-order valence-corrected chi connectivity index (χ3v) is 5.25. The van der Waals surface area contributed by atoms with Crippen molar-refractivity contribution in [3.8, 4) is 0 Å². The summed E-state index contributed by atoms with van der Waals surface area (Å²) in [6.45, 7) is 1.65. The summed E-state index contributed by atoms with van der Waals surface area (Å²) in [5.41, 5.74) is 0.927. The summed E-state index contributed by atoms with van der Waals surface area (Å²) in [4.78, 5) is 27.0. The van der Waals surface area contributed by atoms with Gasteiger partial charge in [-0.15, -0.1) is 0 Å². The quantitative estimate of drug-likeness (QED) is 0.939. The van der Waals surface area contributed by atoms with Gasteiger partial charge >= 0.3 is 0 Å². The molecule has 1 saturated carbocycles. The smallest absolute Gasteiger partial charge is 0.272 e. The maximum absolute atomic E-state index is 12.5. The molecule has 24 heavy (non-hydrogen) atoms. The van der Waals surface area contributed by atoms with E-state index in [1.165, 1.54) is 0 Å². The lowest BCUT2D eigenvalue weighted by molar-refractivity contribution is 0.0215. The van der Waals surface area contributed by atoms with Gasteiger partial charge in [-0.25, -0.2) is 9.97 Å². The van der Waals surface area contributed by atoms with Crippen LogP contribution in [0.5, 0.6) is 0 Å². The van der Waals surface area contributed by atoms with Gasteiger partial charge in [0.25, 0.3) is 5.91 Å². The van der Waals surface area contributed by atoms with Crippen LogP contribution in [0.2, 0.25) is 0 Å². The Kier molecular flexibility index (Phi) is 3.88. The predicted octanol–water partition coefficient (Wildman–Crippen LogP) is 2.37. The number of amides is 1. The first kappa shape index (κ1) is 15.1. The van der Waals surface area contributed by atoms with E-state index in [1.807, 2.05) is 23.1 Å². The molecule has 0 radical (unpaired) electrons. The summed E-state index contributed by atoms with van der Waals surface area (Å²) in [6, 6.07) is 7.75. The molecule has 2 fully saturated rings. The van der Waals surface area contributed by atoms with Crippen molar-refractivity contribution in [3.05, 3.63) is 48.5 Å². The minimum absolute atomic E-state index is 0.0529. The largest absolute Gasteiger partial charge is 0.351 e. The number of anilines is 1. The van der Waals surface area contributed by atoms with Crippen molar-refractivity contribution in [2.24, 2.45) is 5.41 Å². The van der Waals surface area contributed by atoms with Crippen molar-refractivity contribution in [1.82, 2.24) is 19.9 Å². The highest BCUT2D eigenvalue weighted by Crippen LogP contribution is 2.49. The minimum Gasteiger partial charge on any atom is -0.351 e. The topological polar surface area (TPSA) is 71.0 Å². The fourth-order valence-corrected chi connectivity index (χ4v) is 3.89.